The fourth-order valence-corrected chi connectivity index (χ4v) is 2.78. The van der Waals surface area contributed by atoms with Crippen molar-refractivity contribution in [2.45, 2.75) is 39.2 Å². The molecule has 1 aliphatic rings. The van der Waals surface area contributed by atoms with E-state index in [9.17, 15) is 0 Å². The van der Waals surface area contributed by atoms with Gasteiger partial charge in [-0.2, -0.15) is 9.61 Å². The SMILES string of the molecule is Cc1nn2cnnc2c(N(C)Cc2cc(C3CC3)on2)c1C. The molecule has 0 aliphatic heterocycles. The largest absolute Gasteiger partial charge is 0.365 e. The van der Waals surface area contributed by atoms with E-state index >= 15 is 0 Å². The first kappa shape index (κ1) is 13.2. The quantitative estimate of drug-likeness (QED) is 0.735. The Bertz CT molecular complexity index is 832. The number of aromatic nitrogens is 5. The molecule has 1 fully saturated rings. The van der Waals surface area contributed by atoms with Crippen LogP contribution in [0.15, 0.2) is 16.9 Å². The number of hydrogen-bond acceptors (Lipinski definition) is 6. The van der Waals surface area contributed by atoms with E-state index in [1.165, 1.54) is 12.8 Å². The van der Waals surface area contributed by atoms with Gasteiger partial charge in [0, 0.05) is 19.0 Å². The lowest BCUT2D eigenvalue weighted by molar-refractivity contribution is 0.378. The van der Waals surface area contributed by atoms with Gasteiger partial charge in [0.05, 0.1) is 17.9 Å². The average Bonchev–Trinajstić information content (AvgIpc) is 3.07. The smallest absolute Gasteiger partial charge is 0.201 e. The molecule has 3 heterocycles. The first-order valence-corrected chi connectivity index (χ1v) is 7.47. The van der Waals surface area contributed by atoms with Gasteiger partial charge in [0.2, 0.25) is 5.65 Å². The van der Waals surface area contributed by atoms with E-state index in [0.717, 1.165) is 34.0 Å². The Morgan fingerprint density at radius 2 is 2.18 bits per heavy atom. The second-order valence-electron chi connectivity index (χ2n) is 6.01. The van der Waals surface area contributed by atoms with Crippen molar-refractivity contribution in [2.75, 3.05) is 11.9 Å². The van der Waals surface area contributed by atoms with Crippen LogP contribution in [0.5, 0.6) is 0 Å². The molecule has 4 rings (SSSR count). The Labute approximate surface area is 127 Å². The molecule has 114 valence electrons. The molecular weight excluding hydrogens is 280 g/mol. The van der Waals surface area contributed by atoms with Gasteiger partial charge < -0.3 is 9.42 Å². The molecule has 0 atom stereocenters. The minimum atomic E-state index is 0.583. The molecule has 22 heavy (non-hydrogen) atoms. The van der Waals surface area contributed by atoms with E-state index in [1.54, 1.807) is 10.8 Å². The predicted octanol–water partition coefficient (Wildman–Crippen LogP) is 2.24. The molecule has 0 bridgehead atoms. The molecule has 0 spiro atoms. The van der Waals surface area contributed by atoms with Crippen LogP contribution < -0.4 is 4.90 Å². The van der Waals surface area contributed by atoms with Gasteiger partial charge in [-0.3, -0.25) is 0 Å². The van der Waals surface area contributed by atoms with Gasteiger partial charge in [0.1, 0.15) is 17.8 Å². The fourth-order valence-electron chi connectivity index (χ4n) is 2.78. The molecule has 0 amide bonds. The molecule has 1 aliphatic carbocycles. The van der Waals surface area contributed by atoms with Crippen molar-refractivity contribution in [3.63, 3.8) is 0 Å². The summed E-state index contributed by atoms with van der Waals surface area (Å²) >= 11 is 0. The zero-order valence-electron chi connectivity index (χ0n) is 12.9. The van der Waals surface area contributed by atoms with Crippen LogP contribution in [-0.2, 0) is 6.54 Å². The summed E-state index contributed by atoms with van der Waals surface area (Å²) in [7, 11) is 2.03. The monoisotopic (exact) mass is 298 g/mol. The Balaban J connectivity index is 1.67. The van der Waals surface area contributed by atoms with Crippen molar-refractivity contribution < 1.29 is 4.52 Å². The summed E-state index contributed by atoms with van der Waals surface area (Å²) in [4.78, 5) is 2.13. The Hall–Kier alpha value is -2.44. The van der Waals surface area contributed by atoms with Gasteiger partial charge in [-0.15, -0.1) is 10.2 Å². The van der Waals surface area contributed by atoms with Gasteiger partial charge >= 0.3 is 0 Å². The number of nitrogens with zero attached hydrogens (tertiary/aromatic N) is 6. The molecule has 0 saturated heterocycles. The highest BCUT2D eigenvalue weighted by Crippen LogP contribution is 2.40. The maximum absolute atomic E-state index is 5.43. The Kier molecular flexibility index (Phi) is 2.88. The number of rotatable bonds is 4. The molecule has 0 aromatic carbocycles. The lowest BCUT2D eigenvalue weighted by Crippen LogP contribution is -2.20. The van der Waals surface area contributed by atoms with Crippen LogP contribution in [0.2, 0.25) is 0 Å². The molecule has 0 radical (unpaired) electrons. The first-order valence-electron chi connectivity index (χ1n) is 7.47. The van der Waals surface area contributed by atoms with E-state index < -0.39 is 0 Å². The van der Waals surface area contributed by atoms with E-state index in [-0.39, 0.29) is 0 Å². The second-order valence-corrected chi connectivity index (χ2v) is 6.01. The van der Waals surface area contributed by atoms with Crippen LogP contribution in [0, 0.1) is 13.8 Å². The maximum atomic E-state index is 5.43. The zero-order valence-corrected chi connectivity index (χ0v) is 12.9. The van der Waals surface area contributed by atoms with Crippen LogP contribution in [0.3, 0.4) is 0 Å². The van der Waals surface area contributed by atoms with Crippen molar-refractivity contribution in [1.82, 2.24) is 25.0 Å². The van der Waals surface area contributed by atoms with Crippen LogP contribution in [0.1, 0.15) is 41.5 Å². The lowest BCUT2D eigenvalue weighted by atomic mass is 10.2. The van der Waals surface area contributed by atoms with Crippen molar-refractivity contribution in [1.29, 1.82) is 0 Å². The van der Waals surface area contributed by atoms with Crippen LogP contribution >= 0.6 is 0 Å². The van der Waals surface area contributed by atoms with Crippen molar-refractivity contribution >= 4 is 11.3 Å². The van der Waals surface area contributed by atoms with Crippen molar-refractivity contribution in [3.8, 4) is 0 Å². The maximum Gasteiger partial charge on any atom is 0.201 e. The normalized spacial score (nSPS) is 14.7. The van der Waals surface area contributed by atoms with Crippen molar-refractivity contribution in [2.24, 2.45) is 0 Å². The highest BCUT2D eigenvalue weighted by Gasteiger charge is 2.28. The summed E-state index contributed by atoms with van der Waals surface area (Å²) in [6, 6.07) is 2.07. The van der Waals surface area contributed by atoms with E-state index in [0.29, 0.717) is 12.5 Å². The number of aryl methyl sites for hydroxylation is 1. The van der Waals surface area contributed by atoms with E-state index in [2.05, 4.69) is 38.3 Å². The predicted molar refractivity (Wildman–Crippen MR) is 80.8 cm³/mol. The Morgan fingerprint density at radius 3 is 2.95 bits per heavy atom. The highest BCUT2D eigenvalue weighted by atomic mass is 16.5. The van der Waals surface area contributed by atoms with Crippen LogP contribution in [0.25, 0.3) is 5.65 Å². The van der Waals surface area contributed by atoms with E-state index in [4.69, 9.17) is 4.52 Å². The van der Waals surface area contributed by atoms with Crippen molar-refractivity contribution in [3.05, 3.63) is 35.1 Å². The minimum absolute atomic E-state index is 0.583. The van der Waals surface area contributed by atoms with Crippen LogP contribution in [-0.4, -0.2) is 32.0 Å². The Morgan fingerprint density at radius 1 is 1.36 bits per heavy atom. The zero-order chi connectivity index (χ0) is 15.3. The summed E-state index contributed by atoms with van der Waals surface area (Å²) in [6.07, 6.45) is 4.06. The summed E-state index contributed by atoms with van der Waals surface area (Å²) in [5.41, 5.74) is 4.80. The van der Waals surface area contributed by atoms with Gasteiger partial charge in [-0.05, 0) is 32.3 Å². The third-order valence-corrected chi connectivity index (χ3v) is 4.24. The summed E-state index contributed by atoms with van der Waals surface area (Å²) in [6.45, 7) is 4.72. The molecule has 7 nitrogen and oxygen atoms in total. The molecule has 0 unspecified atom stereocenters. The number of hydrogen-bond donors (Lipinski definition) is 0. The molecule has 3 aromatic rings. The molecular formula is C15H18N6O. The summed E-state index contributed by atoms with van der Waals surface area (Å²) in [5, 5.41) is 16.8. The standard InChI is InChI=1S/C15H18N6O/c1-9-10(2)18-21-8-16-17-15(21)14(9)20(3)7-12-6-13(22-19-12)11-4-5-11/h6,8,11H,4-5,7H2,1-3H3. The summed E-state index contributed by atoms with van der Waals surface area (Å²) < 4.78 is 7.14. The summed E-state index contributed by atoms with van der Waals surface area (Å²) in [5.74, 6) is 1.60. The minimum Gasteiger partial charge on any atom is -0.365 e. The fraction of sp³-hybridized carbons (Fsp3) is 0.467. The first-order chi connectivity index (χ1) is 10.6. The van der Waals surface area contributed by atoms with Gasteiger partial charge in [0.15, 0.2) is 0 Å². The molecule has 1 saturated carbocycles. The van der Waals surface area contributed by atoms with Crippen LogP contribution in [0.4, 0.5) is 5.69 Å². The van der Waals surface area contributed by atoms with E-state index in [1.807, 2.05) is 14.0 Å². The second kappa shape index (κ2) is 4.79. The average molecular weight is 298 g/mol. The third-order valence-electron chi connectivity index (χ3n) is 4.24. The molecule has 7 heteroatoms. The highest BCUT2D eigenvalue weighted by molar-refractivity contribution is 5.72. The molecule has 0 N–H and O–H groups in total. The topological polar surface area (TPSA) is 72.3 Å². The van der Waals surface area contributed by atoms with Gasteiger partial charge in [0.25, 0.3) is 0 Å². The van der Waals surface area contributed by atoms with Gasteiger partial charge in [-0.25, -0.2) is 0 Å². The van der Waals surface area contributed by atoms with Gasteiger partial charge in [-0.1, -0.05) is 5.16 Å². The lowest BCUT2D eigenvalue weighted by Gasteiger charge is -2.21. The molecule has 3 aromatic heterocycles. The number of fused-ring (bicyclic) bond motifs is 1. The third kappa shape index (κ3) is 2.13. The number of anilines is 1.